The molecule has 0 radical (unpaired) electrons. The van der Waals surface area contributed by atoms with E-state index in [1.54, 1.807) is 11.0 Å². The van der Waals surface area contributed by atoms with Crippen molar-refractivity contribution in [1.82, 2.24) is 20.0 Å². The summed E-state index contributed by atoms with van der Waals surface area (Å²) in [5, 5.41) is 4.13. The van der Waals surface area contributed by atoms with Gasteiger partial charge < -0.3 is 28.5 Å². The third-order valence-electron chi connectivity index (χ3n) is 7.78. The van der Waals surface area contributed by atoms with Crippen molar-refractivity contribution in [2.24, 2.45) is 0 Å². The minimum Gasteiger partial charge on any atom is -0.491 e. The lowest BCUT2D eigenvalue weighted by Crippen LogP contribution is -2.38. The third-order valence-corrected chi connectivity index (χ3v) is 7.78. The molecule has 2 bridgehead atoms. The number of benzene rings is 2. The third kappa shape index (κ3) is 6.71. The molecule has 4 heterocycles. The largest absolute Gasteiger partial charge is 0.491 e. The number of amides is 1. The number of morpholine rings is 1. The average Bonchev–Trinajstić information content (AvgIpc) is 3.35. The van der Waals surface area contributed by atoms with Gasteiger partial charge >= 0.3 is 0 Å². The van der Waals surface area contributed by atoms with Crippen LogP contribution >= 0.6 is 0 Å². The maximum Gasteiger partial charge on any atom is 0.273 e. The Kier molecular flexibility index (Phi) is 8.67. The number of aryl methyl sites for hydroxylation is 3. The summed E-state index contributed by atoms with van der Waals surface area (Å²) < 4.78 is 23.0. The standard InChI is InChI=1S/C33H37N5O5/c1-22-17-29(35-33(34-22)37-9-12-40-13-10-37)32(39)38-11-14-41-15-16-42-30-8-7-27(31-23(2)36-43-24(31)3)20-28(30)19-25-5-4-6-26(18-25)21-38/h4-8,17-18,20H,9-16,19,21H2,1-3H3. The Hall–Kier alpha value is -4.28. The lowest BCUT2D eigenvalue weighted by atomic mass is 9.96. The van der Waals surface area contributed by atoms with E-state index in [0.29, 0.717) is 77.3 Å². The van der Waals surface area contributed by atoms with Gasteiger partial charge in [0, 0.05) is 43.9 Å². The second-order valence-corrected chi connectivity index (χ2v) is 11.0. The minimum absolute atomic E-state index is 0.146. The minimum atomic E-state index is -0.146. The lowest BCUT2D eigenvalue weighted by molar-refractivity contribution is 0.0566. The van der Waals surface area contributed by atoms with E-state index in [-0.39, 0.29) is 5.91 Å². The van der Waals surface area contributed by atoms with Gasteiger partial charge in [-0.25, -0.2) is 9.97 Å². The quantitative estimate of drug-likeness (QED) is 0.344. The van der Waals surface area contributed by atoms with Gasteiger partial charge in [0.05, 0.1) is 32.1 Å². The van der Waals surface area contributed by atoms with Crippen LogP contribution < -0.4 is 9.64 Å². The van der Waals surface area contributed by atoms with E-state index in [9.17, 15) is 4.79 Å². The fraction of sp³-hybridized carbons (Fsp3) is 0.394. The summed E-state index contributed by atoms with van der Waals surface area (Å²) in [6.45, 7) is 10.5. The zero-order valence-corrected chi connectivity index (χ0v) is 25.0. The summed E-state index contributed by atoms with van der Waals surface area (Å²) in [6, 6.07) is 16.3. The van der Waals surface area contributed by atoms with Crippen molar-refractivity contribution in [2.45, 2.75) is 33.7 Å². The Balaban J connectivity index is 1.28. The van der Waals surface area contributed by atoms with Crippen LogP contribution in [-0.4, -0.2) is 78.6 Å². The van der Waals surface area contributed by atoms with Crippen LogP contribution in [0.3, 0.4) is 0 Å². The first-order valence-corrected chi connectivity index (χ1v) is 14.8. The Morgan fingerprint density at radius 1 is 0.837 bits per heavy atom. The average molecular weight is 584 g/mol. The number of carbonyl (C=O) groups is 1. The molecule has 0 unspecified atom stereocenters. The van der Waals surface area contributed by atoms with Crippen molar-refractivity contribution in [3.63, 3.8) is 0 Å². The number of rotatable bonds is 3. The number of hydrogen-bond acceptors (Lipinski definition) is 9. The molecule has 2 aromatic carbocycles. The van der Waals surface area contributed by atoms with Crippen molar-refractivity contribution in [1.29, 1.82) is 0 Å². The number of aromatic nitrogens is 3. The topological polar surface area (TPSA) is 103 Å². The van der Waals surface area contributed by atoms with E-state index in [1.165, 1.54) is 0 Å². The zero-order valence-electron chi connectivity index (χ0n) is 25.0. The van der Waals surface area contributed by atoms with E-state index in [4.69, 9.17) is 18.7 Å². The molecule has 6 rings (SSSR count). The molecule has 1 fully saturated rings. The van der Waals surface area contributed by atoms with Crippen LogP contribution in [0.25, 0.3) is 11.1 Å². The van der Waals surface area contributed by atoms with Gasteiger partial charge in [0.15, 0.2) is 0 Å². The smallest absolute Gasteiger partial charge is 0.273 e. The summed E-state index contributed by atoms with van der Waals surface area (Å²) in [4.78, 5) is 27.0. The predicted octanol–water partition coefficient (Wildman–Crippen LogP) is 4.54. The van der Waals surface area contributed by atoms with Crippen molar-refractivity contribution in [3.8, 4) is 16.9 Å². The van der Waals surface area contributed by atoms with Gasteiger partial charge in [0.25, 0.3) is 5.91 Å². The van der Waals surface area contributed by atoms with Crippen molar-refractivity contribution in [2.75, 3.05) is 57.6 Å². The van der Waals surface area contributed by atoms with Crippen LogP contribution in [0.2, 0.25) is 0 Å². The van der Waals surface area contributed by atoms with Crippen molar-refractivity contribution >= 4 is 11.9 Å². The van der Waals surface area contributed by atoms with E-state index < -0.39 is 0 Å². The van der Waals surface area contributed by atoms with Gasteiger partial charge in [0.2, 0.25) is 5.95 Å². The van der Waals surface area contributed by atoms with Gasteiger partial charge in [-0.1, -0.05) is 35.5 Å². The molecule has 1 saturated heterocycles. The number of carbonyl (C=O) groups excluding carboxylic acids is 1. The Labute approximate surface area is 251 Å². The monoisotopic (exact) mass is 583 g/mol. The molecule has 0 aliphatic carbocycles. The first kappa shape index (κ1) is 28.8. The Bertz CT molecular complexity index is 1580. The van der Waals surface area contributed by atoms with Gasteiger partial charge in [-0.3, -0.25) is 4.79 Å². The van der Waals surface area contributed by atoms with Crippen molar-refractivity contribution < 1.29 is 23.5 Å². The lowest BCUT2D eigenvalue weighted by Gasteiger charge is -2.28. The molecule has 10 nitrogen and oxygen atoms in total. The highest BCUT2D eigenvalue weighted by Crippen LogP contribution is 2.32. The fourth-order valence-electron chi connectivity index (χ4n) is 5.66. The molecule has 4 aromatic rings. The maximum atomic E-state index is 13.9. The highest BCUT2D eigenvalue weighted by Gasteiger charge is 2.22. The van der Waals surface area contributed by atoms with Crippen molar-refractivity contribution in [3.05, 3.63) is 88.1 Å². The molecule has 43 heavy (non-hydrogen) atoms. The van der Waals surface area contributed by atoms with E-state index in [0.717, 1.165) is 50.7 Å². The highest BCUT2D eigenvalue weighted by atomic mass is 16.5. The highest BCUT2D eigenvalue weighted by molar-refractivity contribution is 5.92. The zero-order chi connectivity index (χ0) is 29.8. The first-order chi connectivity index (χ1) is 20.9. The normalized spacial score (nSPS) is 16.3. The Morgan fingerprint density at radius 3 is 2.44 bits per heavy atom. The summed E-state index contributed by atoms with van der Waals surface area (Å²) in [7, 11) is 0. The molecule has 2 aliphatic rings. The Morgan fingerprint density at radius 2 is 1.63 bits per heavy atom. The van der Waals surface area contributed by atoms with Gasteiger partial charge in [-0.15, -0.1) is 0 Å². The van der Waals surface area contributed by atoms with E-state index >= 15 is 0 Å². The van der Waals surface area contributed by atoms with E-state index in [2.05, 4.69) is 50.4 Å². The number of ether oxygens (including phenoxy) is 3. The summed E-state index contributed by atoms with van der Waals surface area (Å²) in [5.41, 5.74) is 7.27. The molecule has 0 saturated carbocycles. The van der Waals surface area contributed by atoms with Gasteiger partial charge in [-0.2, -0.15) is 0 Å². The first-order valence-electron chi connectivity index (χ1n) is 14.8. The number of nitrogens with zero attached hydrogens (tertiary/aromatic N) is 5. The molecule has 1 amide bonds. The molecule has 10 heteroatoms. The van der Waals surface area contributed by atoms with Crippen LogP contribution in [0.15, 0.2) is 53.1 Å². The maximum absolute atomic E-state index is 13.9. The molecular formula is C33H37N5O5. The van der Waals surface area contributed by atoms with Gasteiger partial charge in [0.1, 0.15) is 23.8 Å². The molecule has 2 aromatic heterocycles. The molecule has 0 atom stereocenters. The summed E-state index contributed by atoms with van der Waals surface area (Å²) >= 11 is 0. The van der Waals surface area contributed by atoms with Crippen LogP contribution in [0.5, 0.6) is 5.75 Å². The fourth-order valence-corrected chi connectivity index (χ4v) is 5.66. The van der Waals surface area contributed by atoms with Gasteiger partial charge in [-0.05, 0) is 61.2 Å². The van der Waals surface area contributed by atoms with Crippen LogP contribution in [0, 0.1) is 20.8 Å². The predicted molar refractivity (Wildman–Crippen MR) is 162 cm³/mol. The number of anilines is 1. The molecule has 0 spiro atoms. The summed E-state index contributed by atoms with van der Waals surface area (Å²) in [6.07, 6.45) is 0.670. The van der Waals surface area contributed by atoms with E-state index in [1.807, 2.05) is 32.9 Å². The summed E-state index contributed by atoms with van der Waals surface area (Å²) in [5.74, 6) is 2.04. The molecule has 0 N–H and O–H groups in total. The van der Waals surface area contributed by atoms with Crippen LogP contribution in [-0.2, 0) is 22.4 Å². The number of hydrogen-bond donors (Lipinski definition) is 0. The second kappa shape index (κ2) is 12.9. The molecular weight excluding hydrogens is 546 g/mol. The van der Waals surface area contributed by atoms with Crippen LogP contribution in [0.1, 0.15) is 44.3 Å². The SMILES string of the molecule is Cc1cc(C(=O)N2CCOCCOc3ccc(-c4c(C)noc4C)cc3Cc3cccc(c3)C2)nc(N2CCOCC2)n1. The second-order valence-electron chi connectivity index (χ2n) is 11.0. The van der Waals surface area contributed by atoms with Crippen LogP contribution in [0.4, 0.5) is 5.95 Å². The number of fused-ring (bicyclic) bond motifs is 3. The molecule has 2 aliphatic heterocycles. The molecule has 224 valence electrons.